The third kappa shape index (κ3) is 2.70. The second-order valence-corrected chi connectivity index (χ2v) is 3.93. The first-order valence-corrected chi connectivity index (χ1v) is 5.92. The summed E-state index contributed by atoms with van der Waals surface area (Å²) in [7, 11) is 0. The fraction of sp³-hybridized carbons (Fsp3) is 0.214. The van der Waals surface area contributed by atoms with Crippen LogP contribution in [0.2, 0.25) is 0 Å². The van der Waals surface area contributed by atoms with Crippen LogP contribution >= 0.6 is 0 Å². The molecular weight excluding hydrogens is 244 g/mol. The molecular formula is C14H14N2O3. The van der Waals surface area contributed by atoms with E-state index >= 15 is 0 Å². The first kappa shape index (κ1) is 13.0. The van der Waals surface area contributed by atoms with E-state index in [1.807, 2.05) is 6.07 Å². The Morgan fingerprint density at radius 2 is 2.26 bits per heavy atom. The number of pyridine rings is 1. The molecule has 0 aliphatic carbocycles. The average molecular weight is 258 g/mol. The zero-order valence-electron chi connectivity index (χ0n) is 10.8. The summed E-state index contributed by atoms with van der Waals surface area (Å²) in [6.45, 7) is 3.62. The lowest BCUT2D eigenvalue weighted by Crippen LogP contribution is -2.13. The highest BCUT2D eigenvalue weighted by Gasteiger charge is 2.27. The largest absolute Gasteiger partial charge is 0.505 e. The van der Waals surface area contributed by atoms with Crippen molar-refractivity contribution in [3.8, 4) is 0 Å². The van der Waals surface area contributed by atoms with Crippen molar-refractivity contribution >= 4 is 17.8 Å². The maximum absolute atomic E-state index is 11.7. The van der Waals surface area contributed by atoms with Crippen LogP contribution in [0.15, 0.2) is 46.4 Å². The smallest absolute Gasteiger partial charge is 0.343 e. The van der Waals surface area contributed by atoms with E-state index in [0.717, 1.165) is 0 Å². The van der Waals surface area contributed by atoms with Gasteiger partial charge in [-0.15, -0.1) is 0 Å². The number of aliphatic imine (C=N–C) groups is 1. The van der Waals surface area contributed by atoms with Crippen molar-refractivity contribution in [1.29, 1.82) is 0 Å². The van der Waals surface area contributed by atoms with Gasteiger partial charge in [0.25, 0.3) is 0 Å². The lowest BCUT2D eigenvalue weighted by atomic mass is 10.1. The summed E-state index contributed by atoms with van der Waals surface area (Å²) in [6, 6.07) is 5.41. The maximum atomic E-state index is 11.7. The zero-order valence-corrected chi connectivity index (χ0v) is 10.8. The average Bonchev–Trinajstić information content (AvgIpc) is 2.66. The van der Waals surface area contributed by atoms with E-state index in [4.69, 9.17) is 4.74 Å². The van der Waals surface area contributed by atoms with Crippen LogP contribution in [-0.4, -0.2) is 28.4 Å². The molecule has 1 N–H and O–H groups in total. The van der Waals surface area contributed by atoms with Crippen molar-refractivity contribution in [2.24, 2.45) is 4.99 Å². The van der Waals surface area contributed by atoms with Gasteiger partial charge in [-0.05, 0) is 32.1 Å². The lowest BCUT2D eigenvalue weighted by molar-refractivity contribution is -0.138. The number of esters is 1. The van der Waals surface area contributed by atoms with Crippen LogP contribution in [0.5, 0.6) is 0 Å². The summed E-state index contributed by atoms with van der Waals surface area (Å²) in [6.07, 6.45) is 3.26. The molecule has 0 bridgehead atoms. The van der Waals surface area contributed by atoms with Gasteiger partial charge in [0.05, 0.1) is 18.0 Å². The van der Waals surface area contributed by atoms with E-state index in [1.165, 1.54) is 0 Å². The fourth-order valence-corrected chi connectivity index (χ4v) is 1.74. The van der Waals surface area contributed by atoms with Crippen molar-refractivity contribution in [1.82, 2.24) is 4.98 Å². The van der Waals surface area contributed by atoms with Crippen LogP contribution in [0, 0.1) is 0 Å². The summed E-state index contributed by atoms with van der Waals surface area (Å²) in [5.41, 5.74) is 1.53. The third-order valence-electron chi connectivity index (χ3n) is 2.58. The Bertz CT molecular complexity index is 586. The minimum atomic E-state index is -0.564. The van der Waals surface area contributed by atoms with Crippen molar-refractivity contribution < 1.29 is 14.6 Å². The standard InChI is InChI=1S/C14H14N2O3/c1-3-19-14(18)12-9(2)16-11(13(12)17)8-10-6-4-5-7-15-10/h4-8,17H,3H2,1-2H3. The predicted molar refractivity (Wildman–Crippen MR) is 71.6 cm³/mol. The molecule has 1 aliphatic rings. The Morgan fingerprint density at radius 3 is 2.89 bits per heavy atom. The Labute approximate surface area is 111 Å². The minimum absolute atomic E-state index is 0.115. The summed E-state index contributed by atoms with van der Waals surface area (Å²) < 4.78 is 4.88. The first-order valence-electron chi connectivity index (χ1n) is 5.92. The molecule has 0 saturated carbocycles. The van der Waals surface area contributed by atoms with Gasteiger partial charge in [-0.3, -0.25) is 4.98 Å². The van der Waals surface area contributed by atoms with Crippen molar-refractivity contribution in [2.75, 3.05) is 6.61 Å². The van der Waals surface area contributed by atoms with Gasteiger partial charge in [-0.1, -0.05) is 6.07 Å². The zero-order chi connectivity index (χ0) is 13.8. The normalized spacial score (nSPS) is 16.7. The fourth-order valence-electron chi connectivity index (χ4n) is 1.74. The molecule has 0 amide bonds. The summed E-state index contributed by atoms with van der Waals surface area (Å²) in [5, 5.41) is 10.0. The number of aromatic nitrogens is 1. The molecule has 1 aliphatic heterocycles. The molecule has 0 atom stereocenters. The van der Waals surface area contributed by atoms with Crippen molar-refractivity contribution in [2.45, 2.75) is 13.8 Å². The van der Waals surface area contributed by atoms with Crippen LogP contribution in [0.1, 0.15) is 19.5 Å². The number of aliphatic hydroxyl groups is 1. The monoisotopic (exact) mass is 258 g/mol. The molecule has 0 unspecified atom stereocenters. The Balaban J connectivity index is 2.36. The molecule has 0 spiro atoms. The molecule has 1 aromatic heterocycles. The molecule has 2 rings (SSSR count). The highest BCUT2D eigenvalue weighted by molar-refractivity contribution is 6.22. The first-order chi connectivity index (χ1) is 9.13. The number of hydrogen-bond acceptors (Lipinski definition) is 5. The Kier molecular flexibility index (Phi) is 3.75. The molecule has 0 fully saturated rings. The SMILES string of the molecule is CCOC(=O)C1=C(O)C(=Cc2ccccn2)N=C1C. The van der Waals surface area contributed by atoms with Gasteiger partial charge in [0.1, 0.15) is 11.3 Å². The Hall–Kier alpha value is -2.43. The van der Waals surface area contributed by atoms with Crippen LogP contribution in [0.4, 0.5) is 0 Å². The topological polar surface area (TPSA) is 71.8 Å². The molecule has 5 nitrogen and oxygen atoms in total. The quantitative estimate of drug-likeness (QED) is 0.844. The van der Waals surface area contributed by atoms with Crippen LogP contribution in [0.25, 0.3) is 6.08 Å². The highest BCUT2D eigenvalue weighted by Crippen LogP contribution is 2.25. The minimum Gasteiger partial charge on any atom is -0.505 e. The van der Waals surface area contributed by atoms with E-state index in [1.54, 1.807) is 38.3 Å². The van der Waals surface area contributed by atoms with Crippen molar-refractivity contribution in [3.63, 3.8) is 0 Å². The number of carbonyl (C=O) groups is 1. The number of carbonyl (C=O) groups excluding carboxylic acids is 1. The number of nitrogens with zero attached hydrogens (tertiary/aromatic N) is 2. The van der Waals surface area contributed by atoms with Gasteiger partial charge in [0.15, 0.2) is 5.76 Å². The van der Waals surface area contributed by atoms with E-state index in [0.29, 0.717) is 17.1 Å². The van der Waals surface area contributed by atoms with Crippen molar-refractivity contribution in [3.05, 3.63) is 47.1 Å². The number of aliphatic hydroxyl groups excluding tert-OH is 1. The van der Waals surface area contributed by atoms with E-state index in [-0.39, 0.29) is 17.9 Å². The molecule has 0 saturated heterocycles. The van der Waals surface area contributed by atoms with Gasteiger partial charge in [0.2, 0.25) is 0 Å². The molecule has 1 aromatic rings. The number of ether oxygens (including phenoxy) is 1. The molecule has 2 heterocycles. The molecule has 0 radical (unpaired) electrons. The Morgan fingerprint density at radius 1 is 1.47 bits per heavy atom. The third-order valence-corrected chi connectivity index (χ3v) is 2.58. The van der Waals surface area contributed by atoms with Gasteiger partial charge in [-0.2, -0.15) is 0 Å². The molecule has 98 valence electrons. The van der Waals surface area contributed by atoms with Gasteiger partial charge in [0, 0.05) is 6.20 Å². The molecule has 0 aromatic carbocycles. The van der Waals surface area contributed by atoms with Gasteiger partial charge >= 0.3 is 5.97 Å². The van der Waals surface area contributed by atoms with E-state index < -0.39 is 5.97 Å². The van der Waals surface area contributed by atoms with Crippen LogP contribution in [0.3, 0.4) is 0 Å². The molecule has 19 heavy (non-hydrogen) atoms. The summed E-state index contributed by atoms with van der Waals surface area (Å²) in [5.74, 6) is -0.729. The van der Waals surface area contributed by atoms with Crippen LogP contribution in [-0.2, 0) is 9.53 Å². The second kappa shape index (κ2) is 5.48. The predicted octanol–water partition coefficient (Wildman–Crippen LogP) is 2.27. The van der Waals surface area contributed by atoms with Gasteiger partial charge < -0.3 is 9.84 Å². The van der Waals surface area contributed by atoms with Crippen LogP contribution < -0.4 is 0 Å². The van der Waals surface area contributed by atoms with E-state index in [9.17, 15) is 9.90 Å². The van der Waals surface area contributed by atoms with E-state index in [2.05, 4.69) is 9.98 Å². The summed E-state index contributed by atoms with van der Waals surface area (Å²) in [4.78, 5) is 20.0. The second-order valence-electron chi connectivity index (χ2n) is 3.93. The maximum Gasteiger partial charge on any atom is 0.343 e. The lowest BCUT2D eigenvalue weighted by Gasteiger charge is -2.02. The number of rotatable bonds is 3. The number of hydrogen-bond donors (Lipinski definition) is 1. The highest BCUT2D eigenvalue weighted by atomic mass is 16.5. The molecule has 5 heteroatoms. The summed E-state index contributed by atoms with van der Waals surface area (Å²) >= 11 is 0. The van der Waals surface area contributed by atoms with Gasteiger partial charge in [-0.25, -0.2) is 9.79 Å².